The van der Waals surface area contributed by atoms with Gasteiger partial charge in [0.25, 0.3) is 0 Å². The molecule has 12 heavy (non-hydrogen) atoms. The average molecular weight is 173 g/mol. The molecular weight excluding hydrogens is 158 g/mol. The molecule has 0 atom stereocenters. The van der Waals surface area contributed by atoms with Crippen molar-refractivity contribution >= 4 is 11.8 Å². The van der Waals surface area contributed by atoms with Gasteiger partial charge in [0, 0.05) is 5.41 Å². The van der Waals surface area contributed by atoms with Gasteiger partial charge >= 0.3 is 5.97 Å². The van der Waals surface area contributed by atoms with Crippen molar-refractivity contribution in [3.8, 4) is 0 Å². The molecular formula is C8H15NO3. The number of carboxylic acid groups (broad SMARTS) is 1. The van der Waals surface area contributed by atoms with E-state index in [-0.39, 0.29) is 18.9 Å². The van der Waals surface area contributed by atoms with Crippen LogP contribution in [-0.4, -0.2) is 29.9 Å². The topological polar surface area (TPSA) is 66.4 Å². The molecule has 0 rings (SSSR count). The van der Waals surface area contributed by atoms with Crippen LogP contribution in [0.2, 0.25) is 0 Å². The third kappa shape index (κ3) is 4.85. The normalized spacial score (nSPS) is 11.2. The maximum Gasteiger partial charge on any atom is 0.317 e. The Kier molecular flexibility index (Phi) is 3.89. The Morgan fingerprint density at radius 2 is 1.75 bits per heavy atom. The summed E-state index contributed by atoms with van der Waals surface area (Å²) in [5.74, 6) is -0.930. The second-order valence-electron chi connectivity index (χ2n) is 3.67. The highest BCUT2D eigenvalue weighted by atomic mass is 16.4. The van der Waals surface area contributed by atoms with Crippen LogP contribution in [0.15, 0.2) is 0 Å². The largest absolute Gasteiger partial charge is 0.480 e. The number of carbonyl (C=O) groups is 2. The van der Waals surface area contributed by atoms with E-state index in [0.29, 0.717) is 0 Å². The van der Waals surface area contributed by atoms with Crippen molar-refractivity contribution in [1.29, 1.82) is 0 Å². The molecule has 0 saturated heterocycles. The van der Waals surface area contributed by atoms with Crippen molar-refractivity contribution in [3.63, 3.8) is 0 Å². The first-order chi connectivity index (χ1) is 5.34. The van der Waals surface area contributed by atoms with E-state index < -0.39 is 11.4 Å². The first-order valence-electron chi connectivity index (χ1n) is 3.80. The molecule has 0 aliphatic rings. The molecule has 0 amide bonds. The van der Waals surface area contributed by atoms with Crippen molar-refractivity contribution in [1.82, 2.24) is 5.32 Å². The van der Waals surface area contributed by atoms with Gasteiger partial charge in [0.2, 0.25) is 0 Å². The Labute approximate surface area is 72.0 Å². The molecule has 0 heterocycles. The van der Waals surface area contributed by atoms with Crippen LogP contribution >= 0.6 is 0 Å². The fourth-order valence-electron chi connectivity index (χ4n) is 0.548. The SMILES string of the molecule is CC(C)(C)C(=O)CNCC(=O)O. The predicted octanol–water partition coefficient (Wildman–Crippen LogP) is 0.276. The smallest absolute Gasteiger partial charge is 0.317 e. The lowest BCUT2D eigenvalue weighted by molar-refractivity contribution is -0.136. The lowest BCUT2D eigenvalue weighted by Gasteiger charge is -2.16. The summed E-state index contributed by atoms with van der Waals surface area (Å²) in [5, 5.41) is 10.8. The van der Waals surface area contributed by atoms with Crippen LogP contribution in [0.5, 0.6) is 0 Å². The molecule has 0 fully saturated rings. The molecule has 4 nitrogen and oxygen atoms in total. The maximum atomic E-state index is 11.2. The van der Waals surface area contributed by atoms with E-state index in [1.165, 1.54) is 0 Å². The molecule has 0 radical (unpaired) electrons. The Morgan fingerprint density at radius 1 is 1.25 bits per heavy atom. The summed E-state index contributed by atoms with van der Waals surface area (Å²) in [4.78, 5) is 21.2. The molecule has 0 aromatic rings. The second-order valence-corrected chi connectivity index (χ2v) is 3.67. The summed E-state index contributed by atoms with van der Waals surface area (Å²) in [6, 6.07) is 0. The fraction of sp³-hybridized carbons (Fsp3) is 0.750. The highest BCUT2D eigenvalue weighted by Gasteiger charge is 2.20. The maximum absolute atomic E-state index is 11.2. The second kappa shape index (κ2) is 4.21. The van der Waals surface area contributed by atoms with Gasteiger partial charge in [0.1, 0.15) is 0 Å². The quantitative estimate of drug-likeness (QED) is 0.640. The number of rotatable bonds is 4. The number of ketones is 1. The summed E-state index contributed by atoms with van der Waals surface area (Å²) in [5.41, 5.74) is -0.397. The summed E-state index contributed by atoms with van der Waals surface area (Å²) in [6.07, 6.45) is 0. The van der Waals surface area contributed by atoms with Crippen LogP contribution < -0.4 is 5.32 Å². The van der Waals surface area contributed by atoms with Gasteiger partial charge in [-0.25, -0.2) is 0 Å². The number of carbonyl (C=O) groups excluding carboxylic acids is 1. The van der Waals surface area contributed by atoms with Crippen molar-refractivity contribution in [2.75, 3.05) is 13.1 Å². The highest BCUT2D eigenvalue weighted by Crippen LogP contribution is 2.13. The molecule has 70 valence electrons. The monoisotopic (exact) mass is 173 g/mol. The molecule has 2 N–H and O–H groups in total. The number of carboxylic acids is 1. The molecule has 0 saturated carbocycles. The van der Waals surface area contributed by atoms with Crippen molar-refractivity contribution in [2.24, 2.45) is 5.41 Å². The molecule has 0 unspecified atom stereocenters. The van der Waals surface area contributed by atoms with Crippen LogP contribution in [0.3, 0.4) is 0 Å². The Balaban J connectivity index is 3.66. The molecule has 0 bridgehead atoms. The van der Waals surface area contributed by atoms with Crippen molar-refractivity contribution in [3.05, 3.63) is 0 Å². The minimum absolute atomic E-state index is 0.0174. The zero-order valence-electron chi connectivity index (χ0n) is 7.68. The van der Waals surface area contributed by atoms with E-state index in [9.17, 15) is 9.59 Å². The highest BCUT2D eigenvalue weighted by molar-refractivity contribution is 5.85. The standard InChI is InChI=1S/C8H15NO3/c1-8(2,3)6(10)4-9-5-7(11)12/h9H,4-5H2,1-3H3,(H,11,12). The number of aliphatic carboxylic acids is 1. The van der Waals surface area contributed by atoms with Crippen LogP contribution in [0, 0.1) is 5.41 Å². The molecule has 0 aliphatic carbocycles. The number of nitrogens with one attached hydrogen (secondary N) is 1. The summed E-state index contributed by atoms with van der Waals surface area (Å²) in [7, 11) is 0. The molecule has 4 heteroatoms. The lowest BCUT2D eigenvalue weighted by atomic mass is 9.91. The van der Waals surface area contributed by atoms with E-state index >= 15 is 0 Å². The molecule has 0 aliphatic heterocycles. The van der Waals surface area contributed by atoms with E-state index in [4.69, 9.17) is 5.11 Å². The summed E-state index contributed by atoms with van der Waals surface area (Å²) >= 11 is 0. The molecule has 0 aromatic heterocycles. The predicted molar refractivity (Wildman–Crippen MR) is 45.0 cm³/mol. The van der Waals surface area contributed by atoms with Gasteiger partial charge < -0.3 is 10.4 Å². The zero-order valence-corrected chi connectivity index (χ0v) is 7.68. The lowest BCUT2D eigenvalue weighted by Crippen LogP contribution is -2.34. The van der Waals surface area contributed by atoms with Gasteiger partial charge in [-0.2, -0.15) is 0 Å². The molecule has 0 spiro atoms. The summed E-state index contributed by atoms with van der Waals surface area (Å²) < 4.78 is 0. The summed E-state index contributed by atoms with van der Waals surface area (Å²) in [6.45, 7) is 5.37. The van der Waals surface area contributed by atoms with E-state index in [1.807, 2.05) is 0 Å². The van der Waals surface area contributed by atoms with Gasteiger partial charge in [-0.1, -0.05) is 20.8 Å². The number of hydrogen-bond acceptors (Lipinski definition) is 3. The van der Waals surface area contributed by atoms with Crippen molar-refractivity contribution < 1.29 is 14.7 Å². The molecule has 0 aromatic carbocycles. The van der Waals surface area contributed by atoms with Gasteiger partial charge in [-0.3, -0.25) is 9.59 Å². The third-order valence-electron chi connectivity index (χ3n) is 1.40. The van der Waals surface area contributed by atoms with E-state index in [2.05, 4.69) is 5.32 Å². The van der Waals surface area contributed by atoms with Gasteiger partial charge in [0.05, 0.1) is 13.1 Å². The minimum Gasteiger partial charge on any atom is -0.480 e. The Morgan fingerprint density at radius 3 is 2.08 bits per heavy atom. The van der Waals surface area contributed by atoms with Crippen LogP contribution in [0.1, 0.15) is 20.8 Å². The van der Waals surface area contributed by atoms with Crippen LogP contribution in [0.25, 0.3) is 0 Å². The zero-order chi connectivity index (χ0) is 9.78. The van der Waals surface area contributed by atoms with Gasteiger partial charge in [-0.05, 0) is 0 Å². The Hall–Kier alpha value is -0.900. The van der Waals surface area contributed by atoms with Crippen molar-refractivity contribution in [2.45, 2.75) is 20.8 Å². The third-order valence-corrected chi connectivity index (χ3v) is 1.40. The van der Waals surface area contributed by atoms with Gasteiger partial charge in [-0.15, -0.1) is 0 Å². The number of Topliss-reactive ketones (excluding diaryl/α,β-unsaturated/α-hetero) is 1. The first kappa shape index (κ1) is 11.1. The Bertz CT molecular complexity index is 181. The average Bonchev–Trinajstić information content (AvgIpc) is 1.84. The van der Waals surface area contributed by atoms with Gasteiger partial charge in [0.15, 0.2) is 5.78 Å². The van der Waals surface area contributed by atoms with Crippen LogP contribution in [-0.2, 0) is 9.59 Å². The first-order valence-corrected chi connectivity index (χ1v) is 3.80. The fourth-order valence-corrected chi connectivity index (χ4v) is 0.548. The van der Waals surface area contributed by atoms with E-state index in [1.54, 1.807) is 20.8 Å². The van der Waals surface area contributed by atoms with E-state index in [0.717, 1.165) is 0 Å². The number of hydrogen-bond donors (Lipinski definition) is 2. The van der Waals surface area contributed by atoms with Crippen LogP contribution in [0.4, 0.5) is 0 Å². The minimum atomic E-state index is -0.947.